The van der Waals surface area contributed by atoms with Gasteiger partial charge in [-0.25, -0.2) is 0 Å². The molecule has 0 saturated heterocycles. The molecule has 4 heteroatoms. The quantitative estimate of drug-likeness (QED) is 0.809. The number of benzene rings is 1. The average molecular weight is 254 g/mol. The van der Waals surface area contributed by atoms with Crippen LogP contribution in [0.15, 0.2) is 30.5 Å². The fourth-order valence-electron chi connectivity index (χ4n) is 2.70. The van der Waals surface area contributed by atoms with E-state index >= 15 is 0 Å². The highest BCUT2D eigenvalue weighted by Gasteiger charge is 2.20. The topological polar surface area (TPSA) is 63.8 Å². The Kier molecular flexibility index (Phi) is 3.07. The SMILES string of the molecule is Cc1cnnc(NC2CCCc3cc(N)ccc32)c1. The van der Waals surface area contributed by atoms with E-state index in [0.29, 0.717) is 6.04 Å². The minimum Gasteiger partial charge on any atom is -0.399 e. The van der Waals surface area contributed by atoms with Gasteiger partial charge in [-0.15, -0.1) is 5.10 Å². The van der Waals surface area contributed by atoms with Gasteiger partial charge in [-0.2, -0.15) is 5.10 Å². The normalized spacial score (nSPS) is 17.8. The molecule has 1 atom stereocenters. The van der Waals surface area contributed by atoms with Crippen LogP contribution in [0.2, 0.25) is 0 Å². The number of hydrogen-bond acceptors (Lipinski definition) is 4. The van der Waals surface area contributed by atoms with E-state index in [9.17, 15) is 0 Å². The van der Waals surface area contributed by atoms with Crippen LogP contribution in [0.4, 0.5) is 11.5 Å². The second-order valence-corrected chi connectivity index (χ2v) is 5.17. The van der Waals surface area contributed by atoms with Crippen molar-refractivity contribution >= 4 is 11.5 Å². The predicted molar refractivity (Wildman–Crippen MR) is 76.9 cm³/mol. The highest BCUT2D eigenvalue weighted by atomic mass is 15.2. The lowest BCUT2D eigenvalue weighted by Gasteiger charge is -2.27. The smallest absolute Gasteiger partial charge is 0.149 e. The van der Waals surface area contributed by atoms with Gasteiger partial charge in [0.2, 0.25) is 0 Å². The van der Waals surface area contributed by atoms with Gasteiger partial charge < -0.3 is 11.1 Å². The number of nitrogens with zero attached hydrogens (tertiary/aromatic N) is 2. The molecule has 3 rings (SSSR count). The molecule has 0 amide bonds. The van der Waals surface area contributed by atoms with E-state index in [1.165, 1.54) is 17.5 Å². The van der Waals surface area contributed by atoms with Crippen LogP contribution in [0.25, 0.3) is 0 Å². The third kappa shape index (κ3) is 2.52. The number of nitrogens with one attached hydrogen (secondary N) is 1. The third-order valence-electron chi connectivity index (χ3n) is 3.59. The fraction of sp³-hybridized carbons (Fsp3) is 0.333. The molecule has 19 heavy (non-hydrogen) atoms. The third-order valence-corrected chi connectivity index (χ3v) is 3.59. The maximum absolute atomic E-state index is 5.86. The molecular formula is C15H18N4. The lowest BCUT2D eigenvalue weighted by molar-refractivity contribution is 0.598. The van der Waals surface area contributed by atoms with Crippen molar-refractivity contribution in [2.24, 2.45) is 0 Å². The van der Waals surface area contributed by atoms with Crippen LogP contribution >= 0.6 is 0 Å². The first-order chi connectivity index (χ1) is 9.22. The molecule has 1 aliphatic carbocycles. The second-order valence-electron chi connectivity index (χ2n) is 5.17. The fourth-order valence-corrected chi connectivity index (χ4v) is 2.70. The first-order valence-corrected chi connectivity index (χ1v) is 6.66. The highest BCUT2D eigenvalue weighted by molar-refractivity contribution is 5.49. The average Bonchev–Trinajstić information content (AvgIpc) is 2.38. The number of aryl methyl sites for hydroxylation is 2. The van der Waals surface area contributed by atoms with Gasteiger partial charge in [-0.3, -0.25) is 0 Å². The Morgan fingerprint density at radius 2 is 2.21 bits per heavy atom. The molecule has 0 bridgehead atoms. The summed E-state index contributed by atoms with van der Waals surface area (Å²) in [7, 11) is 0. The summed E-state index contributed by atoms with van der Waals surface area (Å²) in [5.74, 6) is 0.842. The lowest BCUT2D eigenvalue weighted by Crippen LogP contribution is -2.18. The Morgan fingerprint density at radius 3 is 3.05 bits per heavy atom. The Morgan fingerprint density at radius 1 is 1.32 bits per heavy atom. The maximum Gasteiger partial charge on any atom is 0.149 e. The van der Waals surface area contributed by atoms with E-state index < -0.39 is 0 Å². The van der Waals surface area contributed by atoms with E-state index in [0.717, 1.165) is 29.9 Å². The molecule has 1 heterocycles. The van der Waals surface area contributed by atoms with Crippen molar-refractivity contribution in [1.82, 2.24) is 10.2 Å². The molecule has 1 aromatic carbocycles. The van der Waals surface area contributed by atoms with Crippen LogP contribution in [0.3, 0.4) is 0 Å². The van der Waals surface area contributed by atoms with Crippen molar-refractivity contribution in [2.45, 2.75) is 32.2 Å². The highest BCUT2D eigenvalue weighted by Crippen LogP contribution is 2.33. The van der Waals surface area contributed by atoms with Gasteiger partial charge in [0.1, 0.15) is 5.82 Å². The molecule has 0 fully saturated rings. The molecular weight excluding hydrogens is 236 g/mol. The molecule has 0 aliphatic heterocycles. The van der Waals surface area contributed by atoms with Gasteiger partial charge in [0.15, 0.2) is 0 Å². The van der Waals surface area contributed by atoms with Gasteiger partial charge in [-0.1, -0.05) is 6.07 Å². The monoisotopic (exact) mass is 254 g/mol. The Balaban J connectivity index is 1.87. The minimum absolute atomic E-state index is 0.306. The lowest BCUT2D eigenvalue weighted by atomic mass is 9.87. The molecule has 0 saturated carbocycles. The van der Waals surface area contributed by atoms with Gasteiger partial charge in [-0.05, 0) is 61.1 Å². The van der Waals surface area contributed by atoms with Crippen LogP contribution in [0.1, 0.15) is 35.6 Å². The van der Waals surface area contributed by atoms with Crippen LogP contribution in [-0.4, -0.2) is 10.2 Å². The summed E-state index contributed by atoms with van der Waals surface area (Å²) in [5, 5.41) is 11.6. The summed E-state index contributed by atoms with van der Waals surface area (Å²) in [5.41, 5.74) is 10.5. The van der Waals surface area contributed by atoms with Crippen LogP contribution in [0.5, 0.6) is 0 Å². The van der Waals surface area contributed by atoms with Crippen molar-refractivity contribution in [1.29, 1.82) is 0 Å². The molecule has 1 aromatic heterocycles. The predicted octanol–water partition coefficient (Wildman–Crippen LogP) is 2.86. The summed E-state index contributed by atoms with van der Waals surface area (Å²) in [4.78, 5) is 0. The first-order valence-electron chi connectivity index (χ1n) is 6.66. The number of aromatic nitrogens is 2. The summed E-state index contributed by atoms with van der Waals surface area (Å²) >= 11 is 0. The molecule has 2 aromatic rings. The largest absolute Gasteiger partial charge is 0.399 e. The van der Waals surface area contributed by atoms with Gasteiger partial charge in [0, 0.05) is 5.69 Å². The van der Waals surface area contributed by atoms with E-state index in [1.807, 2.05) is 19.1 Å². The second kappa shape index (κ2) is 4.88. The van der Waals surface area contributed by atoms with E-state index in [4.69, 9.17) is 5.73 Å². The summed E-state index contributed by atoms with van der Waals surface area (Å²) in [6.45, 7) is 2.02. The van der Waals surface area contributed by atoms with Gasteiger partial charge >= 0.3 is 0 Å². The summed E-state index contributed by atoms with van der Waals surface area (Å²) < 4.78 is 0. The van der Waals surface area contributed by atoms with Crippen molar-refractivity contribution in [2.75, 3.05) is 11.1 Å². The standard InChI is InChI=1S/C15H18N4/c1-10-7-15(19-17-9-10)18-14-4-2-3-11-8-12(16)5-6-13(11)14/h5-9,14H,2-4,16H2,1H3,(H,18,19). The number of fused-ring (bicyclic) bond motifs is 1. The first kappa shape index (κ1) is 12.0. The summed E-state index contributed by atoms with van der Waals surface area (Å²) in [6, 6.07) is 8.52. The molecule has 0 radical (unpaired) electrons. The number of nitrogen functional groups attached to an aromatic ring is 1. The molecule has 4 nitrogen and oxygen atoms in total. The zero-order chi connectivity index (χ0) is 13.2. The van der Waals surface area contributed by atoms with Crippen molar-refractivity contribution in [3.8, 4) is 0 Å². The Bertz CT molecular complexity index is 594. The molecule has 0 spiro atoms. The van der Waals surface area contributed by atoms with Crippen LogP contribution in [0, 0.1) is 6.92 Å². The van der Waals surface area contributed by atoms with Crippen molar-refractivity contribution in [3.63, 3.8) is 0 Å². The number of nitrogens with two attached hydrogens (primary N) is 1. The molecule has 1 unspecified atom stereocenters. The zero-order valence-electron chi connectivity index (χ0n) is 11.1. The number of rotatable bonds is 2. The van der Waals surface area contributed by atoms with Crippen LogP contribution < -0.4 is 11.1 Å². The summed E-state index contributed by atoms with van der Waals surface area (Å²) in [6.07, 6.45) is 5.17. The zero-order valence-corrected chi connectivity index (χ0v) is 11.1. The number of anilines is 2. The van der Waals surface area contributed by atoms with Gasteiger partial charge in [0.05, 0.1) is 12.2 Å². The molecule has 3 N–H and O–H groups in total. The maximum atomic E-state index is 5.86. The van der Waals surface area contributed by atoms with E-state index in [2.05, 4.69) is 27.6 Å². The van der Waals surface area contributed by atoms with Gasteiger partial charge in [0.25, 0.3) is 0 Å². The number of hydrogen-bond donors (Lipinski definition) is 2. The van der Waals surface area contributed by atoms with Crippen molar-refractivity contribution in [3.05, 3.63) is 47.2 Å². The molecule has 1 aliphatic rings. The van der Waals surface area contributed by atoms with Crippen LogP contribution in [-0.2, 0) is 6.42 Å². The van der Waals surface area contributed by atoms with E-state index in [1.54, 1.807) is 6.20 Å². The van der Waals surface area contributed by atoms with E-state index in [-0.39, 0.29) is 0 Å². The molecule has 98 valence electrons. The van der Waals surface area contributed by atoms with Crippen molar-refractivity contribution < 1.29 is 0 Å². The minimum atomic E-state index is 0.306. The Labute approximate surface area is 113 Å². The Hall–Kier alpha value is -2.10.